The molecule has 1 heterocycles. The second-order valence-electron chi connectivity index (χ2n) is 5.25. The summed E-state index contributed by atoms with van der Waals surface area (Å²) in [6, 6.07) is 6.55. The molecule has 7 heteroatoms. The average Bonchev–Trinajstić information content (AvgIpc) is 2.75. The van der Waals surface area contributed by atoms with Crippen LogP contribution in [0.4, 0.5) is 0 Å². The van der Waals surface area contributed by atoms with Crippen LogP contribution in [-0.2, 0) is 27.6 Å². The lowest BCUT2D eigenvalue weighted by Gasteiger charge is -2.09. The second-order valence-corrected chi connectivity index (χ2v) is 7.23. The van der Waals surface area contributed by atoms with Crippen LogP contribution < -0.4 is 5.32 Å². The molecule has 6 nitrogen and oxygen atoms in total. The van der Waals surface area contributed by atoms with Crippen LogP contribution in [-0.4, -0.2) is 30.8 Å². The molecule has 0 saturated heterocycles. The molecule has 0 aliphatic carbocycles. The maximum atomic E-state index is 12.1. The standard InChI is InChI=1S/C15H19N3O3S/c1-10-13(11(2)18-17-10)9-16-15(19)8-12-6-4-5-7-14(12)22(3,20)21/h4-7H,8-9H2,1-3H3,(H,16,19)(H,17,18). The number of hydrogen-bond acceptors (Lipinski definition) is 4. The Bertz CT molecular complexity index is 775. The summed E-state index contributed by atoms with van der Waals surface area (Å²) in [5.74, 6) is -0.226. The average molecular weight is 321 g/mol. The second kappa shape index (κ2) is 6.31. The molecule has 0 bridgehead atoms. The maximum absolute atomic E-state index is 12.1. The number of aromatic nitrogens is 2. The smallest absolute Gasteiger partial charge is 0.224 e. The topological polar surface area (TPSA) is 91.9 Å². The molecular weight excluding hydrogens is 302 g/mol. The summed E-state index contributed by atoms with van der Waals surface area (Å²) < 4.78 is 23.5. The van der Waals surface area contributed by atoms with Crippen LogP contribution in [0.3, 0.4) is 0 Å². The number of amides is 1. The zero-order chi connectivity index (χ0) is 16.3. The number of sulfone groups is 1. The van der Waals surface area contributed by atoms with Gasteiger partial charge in [-0.25, -0.2) is 8.42 Å². The first-order chi connectivity index (χ1) is 10.3. The lowest BCUT2D eigenvalue weighted by molar-refractivity contribution is -0.120. The molecule has 1 amide bonds. The SMILES string of the molecule is Cc1n[nH]c(C)c1CNC(=O)Cc1ccccc1S(C)(=O)=O. The fourth-order valence-electron chi connectivity index (χ4n) is 2.27. The van der Waals surface area contributed by atoms with Gasteiger partial charge < -0.3 is 5.32 Å². The van der Waals surface area contributed by atoms with E-state index in [0.717, 1.165) is 23.2 Å². The van der Waals surface area contributed by atoms with Crippen LogP contribution in [0, 0.1) is 13.8 Å². The first-order valence-corrected chi connectivity index (χ1v) is 8.73. The molecule has 0 aliphatic rings. The van der Waals surface area contributed by atoms with Gasteiger partial charge in [-0.1, -0.05) is 18.2 Å². The van der Waals surface area contributed by atoms with Gasteiger partial charge in [-0.3, -0.25) is 9.89 Å². The third-order valence-corrected chi connectivity index (χ3v) is 4.66. The van der Waals surface area contributed by atoms with Crippen molar-refractivity contribution in [1.29, 1.82) is 0 Å². The van der Waals surface area contributed by atoms with E-state index in [1.165, 1.54) is 6.07 Å². The monoisotopic (exact) mass is 321 g/mol. The number of H-pyrrole nitrogens is 1. The summed E-state index contributed by atoms with van der Waals surface area (Å²) in [5.41, 5.74) is 3.21. The number of hydrogen-bond donors (Lipinski definition) is 2. The number of carbonyl (C=O) groups excluding carboxylic acids is 1. The van der Waals surface area contributed by atoms with Gasteiger partial charge in [-0.2, -0.15) is 5.10 Å². The minimum atomic E-state index is -3.35. The molecule has 22 heavy (non-hydrogen) atoms. The van der Waals surface area contributed by atoms with Gasteiger partial charge in [0.1, 0.15) is 0 Å². The highest BCUT2D eigenvalue weighted by Crippen LogP contribution is 2.16. The van der Waals surface area contributed by atoms with Gasteiger partial charge in [-0.15, -0.1) is 0 Å². The molecule has 0 spiro atoms. The highest BCUT2D eigenvalue weighted by molar-refractivity contribution is 7.90. The van der Waals surface area contributed by atoms with Gasteiger partial charge in [0, 0.05) is 24.1 Å². The van der Waals surface area contributed by atoms with E-state index in [2.05, 4.69) is 15.5 Å². The number of aromatic amines is 1. The third kappa shape index (κ3) is 3.73. The summed E-state index contributed by atoms with van der Waals surface area (Å²) in [7, 11) is -3.35. The Morgan fingerprint density at radius 3 is 2.55 bits per heavy atom. The fourth-order valence-corrected chi connectivity index (χ4v) is 3.21. The number of nitrogens with zero attached hydrogens (tertiary/aromatic N) is 1. The Hall–Kier alpha value is -2.15. The molecule has 0 fully saturated rings. The van der Waals surface area contributed by atoms with Crippen molar-refractivity contribution in [3.63, 3.8) is 0 Å². The number of rotatable bonds is 5. The molecule has 0 saturated carbocycles. The molecule has 2 N–H and O–H groups in total. The Labute approximate surface area is 129 Å². The highest BCUT2D eigenvalue weighted by Gasteiger charge is 2.15. The van der Waals surface area contributed by atoms with Crippen molar-refractivity contribution >= 4 is 15.7 Å². The number of aryl methyl sites for hydroxylation is 2. The fraction of sp³-hybridized carbons (Fsp3) is 0.333. The first-order valence-electron chi connectivity index (χ1n) is 6.84. The molecule has 1 aromatic heterocycles. The zero-order valence-electron chi connectivity index (χ0n) is 12.8. The number of benzene rings is 1. The highest BCUT2D eigenvalue weighted by atomic mass is 32.2. The van der Waals surface area contributed by atoms with Crippen molar-refractivity contribution in [3.05, 3.63) is 46.8 Å². The van der Waals surface area contributed by atoms with E-state index in [9.17, 15) is 13.2 Å². The van der Waals surface area contributed by atoms with Gasteiger partial charge in [0.05, 0.1) is 17.0 Å². The van der Waals surface area contributed by atoms with E-state index in [4.69, 9.17) is 0 Å². The van der Waals surface area contributed by atoms with Crippen molar-refractivity contribution in [2.24, 2.45) is 0 Å². The van der Waals surface area contributed by atoms with Crippen LogP contribution >= 0.6 is 0 Å². The number of carbonyl (C=O) groups is 1. The Morgan fingerprint density at radius 2 is 1.95 bits per heavy atom. The zero-order valence-corrected chi connectivity index (χ0v) is 13.6. The molecule has 2 aromatic rings. The third-order valence-electron chi connectivity index (χ3n) is 3.47. The lowest BCUT2D eigenvalue weighted by atomic mass is 10.1. The van der Waals surface area contributed by atoms with Crippen molar-refractivity contribution < 1.29 is 13.2 Å². The van der Waals surface area contributed by atoms with Crippen LogP contribution in [0.5, 0.6) is 0 Å². The van der Waals surface area contributed by atoms with Crippen molar-refractivity contribution in [2.75, 3.05) is 6.26 Å². The molecule has 1 aromatic carbocycles. The van der Waals surface area contributed by atoms with Crippen LogP contribution in [0.15, 0.2) is 29.2 Å². The minimum Gasteiger partial charge on any atom is -0.352 e. The molecular formula is C15H19N3O3S. The Kier molecular flexibility index (Phi) is 4.65. The molecule has 2 rings (SSSR count). The Morgan fingerprint density at radius 1 is 1.27 bits per heavy atom. The van der Waals surface area contributed by atoms with Gasteiger partial charge in [0.25, 0.3) is 0 Å². The largest absolute Gasteiger partial charge is 0.352 e. The van der Waals surface area contributed by atoms with Crippen molar-refractivity contribution in [2.45, 2.75) is 31.7 Å². The van der Waals surface area contributed by atoms with Gasteiger partial charge in [0.15, 0.2) is 9.84 Å². The summed E-state index contributed by atoms with van der Waals surface area (Å²) >= 11 is 0. The van der Waals surface area contributed by atoms with Gasteiger partial charge in [-0.05, 0) is 25.5 Å². The van der Waals surface area contributed by atoms with E-state index < -0.39 is 9.84 Å². The first kappa shape index (κ1) is 16.2. The van der Waals surface area contributed by atoms with Crippen LogP contribution in [0.2, 0.25) is 0 Å². The van der Waals surface area contributed by atoms with E-state index >= 15 is 0 Å². The normalized spacial score (nSPS) is 11.4. The molecule has 0 atom stereocenters. The number of nitrogens with one attached hydrogen (secondary N) is 2. The van der Waals surface area contributed by atoms with Crippen molar-refractivity contribution in [1.82, 2.24) is 15.5 Å². The van der Waals surface area contributed by atoms with Crippen molar-refractivity contribution in [3.8, 4) is 0 Å². The van der Waals surface area contributed by atoms with Crippen LogP contribution in [0.1, 0.15) is 22.5 Å². The maximum Gasteiger partial charge on any atom is 0.224 e. The summed E-state index contributed by atoms with van der Waals surface area (Å²) in [6.07, 6.45) is 1.17. The molecule has 0 aliphatic heterocycles. The quantitative estimate of drug-likeness (QED) is 0.868. The van der Waals surface area contributed by atoms with E-state index in [1.807, 2.05) is 13.8 Å². The summed E-state index contributed by atoms with van der Waals surface area (Å²) in [6.45, 7) is 4.12. The molecule has 118 valence electrons. The van der Waals surface area contributed by atoms with Gasteiger partial charge in [0.2, 0.25) is 5.91 Å². The molecule has 0 radical (unpaired) electrons. The van der Waals surface area contributed by atoms with E-state index in [-0.39, 0.29) is 17.2 Å². The lowest BCUT2D eigenvalue weighted by Crippen LogP contribution is -2.25. The predicted molar refractivity (Wildman–Crippen MR) is 83.2 cm³/mol. The summed E-state index contributed by atoms with van der Waals surface area (Å²) in [4.78, 5) is 12.3. The van der Waals surface area contributed by atoms with E-state index in [0.29, 0.717) is 12.1 Å². The van der Waals surface area contributed by atoms with Gasteiger partial charge >= 0.3 is 0 Å². The predicted octanol–water partition coefficient (Wildman–Crippen LogP) is 1.29. The Balaban J connectivity index is 2.08. The van der Waals surface area contributed by atoms with E-state index in [1.54, 1.807) is 18.2 Å². The molecule has 0 unspecified atom stereocenters. The van der Waals surface area contributed by atoms with Crippen LogP contribution in [0.25, 0.3) is 0 Å². The summed E-state index contributed by atoms with van der Waals surface area (Å²) in [5, 5.41) is 9.73. The minimum absolute atomic E-state index is 0.0270.